The molecule has 140 valence electrons. The Hall–Kier alpha value is 1.000. The maximum atomic E-state index is 8.81. The molecule has 2 nitrogen and oxygen atoms in total. The number of nitriles is 2. The smallest absolute Gasteiger partial charge is 0.0717 e. The molecule has 0 unspecified atom stereocenters. The van der Waals surface area contributed by atoms with Crippen LogP contribution >= 0.6 is 94.1 Å². The van der Waals surface area contributed by atoms with Crippen molar-refractivity contribution in [2.24, 2.45) is 0 Å². The second-order valence-electron chi connectivity index (χ2n) is 4.78. The van der Waals surface area contributed by atoms with E-state index in [4.69, 9.17) is 10.5 Å². The van der Waals surface area contributed by atoms with Gasteiger partial charge in [0.25, 0.3) is 0 Å². The van der Waals surface area contributed by atoms with Gasteiger partial charge in [0.05, 0.1) is 29.1 Å². The van der Waals surface area contributed by atoms with Crippen LogP contribution in [-0.4, -0.2) is 35.5 Å². The third-order valence-electron chi connectivity index (χ3n) is 2.89. The van der Waals surface area contributed by atoms with Crippen molar-refractivity contribution < 1.29 is 0 Å². The third-order valence-corrected chi connectivity index (χ3v) is 13.1. The molecule has 10 heteroatoms. The number of rotatable bonds is 10. The SMILES string of the molecule is CSCC1=C(CSC)SC(=C2SC(SCCC#N)=C(SCCC#N)S2)S1. The maximum absolute atomic E-state index is 8.81. The molecule has 0 aliphatic carbocycles. The summed E-state index contributed by atoms with van der Waals surface area (Å²) in [5, 5.41) is 17.6. The van der Waals surface area contributed by atoms with Crippen molar-refractivity contribution in [1.29, 1.82) is 10.5 Å². The van der Waals surface area contributed by atoms with Crippen LogP contribution in [0.25, 0.3) is 0 Å². The zero-order valence-electron chi connectivity index (χ0n) is 14.4. The van der Waals surface area contributed by atoms with Crippen LogP contribution in [0, 0.1) is 22.7 Å². The summed E-state index contributed by atoms with van der Waals surface area (Å²) in [5.74, 6) is 3.83. The molecular weight excluding hydrogens is 477 g/mol. The van der Waals surface area contributed by atoms with E-state index in [0.29, 0.717) is 12.8 Å². The van der Waals surface area contributed by atoms with Gasteiger partial charge in [-0.2, -0.15) is 34.0 Å². The van der Waals surface area contributed by atoms with Gasteiger partial charge in [-0.05, 0) is 12.5 Å². The highest BCUT2D eigenvalue weighted by molar-refractivity contribution is 8.42. The molecule has 0 bridgehead atoms. The molecular formula is C16H18N2S8. The Morgan fingerprint density at radius 1 is 0.731 bits per heavy atom. The zero-order valence-corrected chi connectivity index (χ0v) is 20.9. The molecule has 0 saturated carbocycles. The highest BCUT2D eigenvalue weighted by atomic mass is 32.3. The molecule has 0 radical (unpaired) electrons. The van der Waals surface area contributed by atoms with Crippen molar-refractivity contribution in [2.45, 2.75) is 12.8 Å². The van der Waals surface area contributed by atoms with Gasteiger partial charge < -0.3 is 0 Å². The van der Waals surface area contributed by atoms with Crippen LogP contribution < -0.4 is 0 Å². The normalized spacial score (nSPS) is 17.2. The minimum absolute atomic E-state index is 0.572. The number of hydrogen-bond donors (Lipinski definition) is 0. The predicted octanol–water partition coefficient (Wildman–Crippen LogP) is 7.43. The summed E-state index contributed by atoms with van der Waals surface area (Å²) in [4.78, 5) is 3.01. The summed E-state index contributed by atoms with van der Waals surface area (Å²) in [6, 6.07) is 4.45. The fourth-order valence-corrected chi connectivity index (χ4v) is 12.4. The highest BCUT2D eigenvalue weighted by Gasteiger charge is 2.29. The van der Waals surface area contributed by atoms with Crippen LogP contribution in [0.3, 0.4) is 0 Å². The van der Waals surface area contributed by atoms with E-state index in [1.165, 1.54) is 26.8 Å². The molecule has 0 aromatic heterocycles. The van der Waals surface area contributed by atoms with Crippen LogP contribution in [0.4, 0.5) is 0 Å². The third kappa shape index (κ3) is 7.11. The lowest BCUT2D eigenvalue weighted by Gasteiger charge is -2.02. The Balaban J connectivity index is 2.08. The molecule has 0 N–H and O–H groups in total. The molecule has 0 amide bonds. The number of nitrogens with zero attached hydrogens (tertiary/aromatic N) is 2. The van der Waals surface area contributed by atoms with E-state index in [-0.39, 0.29) is 0 Å². The first-order chi connectivity index (χ1) is 12.7. The standard InChI is InChI=1S/C16H18N2S8/c1-19-9-11-12(10-20-2)24-15(23-11)16-25-13(21-7-3-5-17)14(26-16)22-8-4-6-18/h3-4,7-10H2,1-2H3. The van der Waals surface area contributed by atoms with Gasteiger partial charge in [0.15, 0.2) is 0 Å². The zero-order chi connectivity index (χ0) is 18.8. The van der Waals surface area contributed by atoms with E-state index < -0.39 is 0 Å². The molecule has 0 saturated heterocycles. The average molecular weight is 495 g/mol. The minimum atomic E-state index is 0.572. The number of thioether (sulfide) groups is 8. The van der Waals surface area contributed by atoms with Crippen LogP contribution in [0.1, 0.15) is 12.8 Å². The summed E-state index contributed by atoms with van der Waals surface area (Å²) in [7, 11) is 0. The first kappa shape index (κ1) is 23.3. The molecule has 0 spiro atoms. The molecule has 2 rings (SSSR count). The first-order valence-corrected chi connectivity index (χ1v) is 15.6. The fourth-order valence-electron chi connectivity index (χ4n) is 1.84. The second-order valence-corrected chi connectivity index (χ2v) is 14.0. The monoisotopic (exact) mass is 494 g/mol. The van der Waals surface area contributed by atoms with Gasteiger partial charge in [-0.25, -0.2) is 0 Å². The van der Waals surface area contributed by atoms with E-state index in [2.05, 4.69) is 24.6 Å². The average Bonchev–Trinajstić information content (AvgIpc) is 3.21. The molecule has 2 aliphatic rings. The van der Waals surface area contributed by atoms with Crippen molar-refractivity contribution in [3.05, 3.63) is 26.8 Å². The Morgan fingerprint density at radius 3 is 1.54 bits per heavy atom. The van der Waals surface area contributed by atoms with Gasteiger partial charge in [0.2, 0.25) is 0 Å². The molecule has 0 atom stereocenters. The molecule has 2 heterocycles. The summed E-state index contributed by atoms with van der Waals surface area (Å²) in [6.07, 6.45) is 5.47. The van der Waals surface area contributed by atoms with Gasteiger partial charge >= 0.3 is 0 Å². The van der Waals surface area contributed by atoms with Crippen LogP contribution in [0.2, 0.25) is 0 Å². The van der Waals surface area contributed by atoms with Gasteiger partial charge in [0, 0.05) is 45.7 Å². The van der Waals surface area contributed by atoms with Crippen molar-refractivity contribution in [3.63, 3.8) is 0 Å². The molecule has 26 heavy (non-hydrogen) atoms. The predicted molar refractivity (Wildman–Crippen MR) is 134 cm³/mol. The van der Waals surface area contributed by atoms with Crippen molar-refractivity contribution in [2.75, 3.05) is 35.5 Å². The van der Waals surface area contributed by atoms with Gasteiger partial charge in [0.1, 0.15) is 0 Å². The molecule has 2 aliphatic heterocycles. The second kappa shape index (κ2) is 13.3. The largest absolute Gasteiger partial charge is 0.198 e. The van der Waals surface area contributed by atoms with Gasteiger partial charge in [-0.15, -0.1) is 23.5 Å². The van der Waals surface area contributed by atoms with Crippen molar-refractivity contribution in [3.8, 4) is 12.1 Å². The lowest BCUT2D eigenvalue weighted by molar-refractivity contribution is 1.24. The van der Waals surface area contributed by atoms with Crippen LogP contribution in [-0.2, 0) is 0 Å². The van der Waals surface area contributed by atoms with Crippen molar-refractivity contribution >= 4 is 94.1 Å². The molecule has 0 aromatic rings. The fraction of sp³-hybridized carbons (Fsp3) is 0.500. The Kier molecular flexibility index (Phi) is 11.9. The summed E-state index contributed by atoms with van der Waals surface area (Å²) in [5.41, 5.74) is 0. The maximum Gasteiger partial charge on any atom is 0.0717 e. The summed E-state index contributed by atoms with van der Waals surface area (Å²) in [6.45, 7) is 0. The van der Waals surface area contributed by atoms with Gasteiger partial charge in [-0.1, -0.05) is 47.0 Å². The first-order valence-electron chi connectivity index (χ1n) is 7.62. The number of hydrogen-bond acceptors (Lipinski definition) is 10. The lowest BCUT2D eigenvalue weighted by Crippen LogP contribution is -1.85. The minimum Gasteiger partial charge on any atom is -0.198 e. The molecule has 0 aromatic carbocycles. The van der Waals surface area contributed by atoms with E-state index >= 15 is 0 Å². The Bertz CT molecular complexity index is 629. The highest BCUT2D eigenvalue weighted by Crippen LogP contribution is 2.64. The van der Waals surface area contributed by atoms with E-state index in [1.807, 2.05) is 70.6 Å². The molecule has 0 fully saturated rings. The quantitative estimate of drug-likeness (QED) is 0.286. The van der Waals surface area contributed by atoms with E-state index in [1.54, 1.807) is 23.5 Å². The topological polar surface area (TPSA) is 47.6 Å². The lowest BCUT2D eigenvalue weighted by atomic mass is 10.6. The van der Waals surface area contributed by atoms with Crippen molar-refractivity contribution in [1.82, 2.24) is 0 Å². The van der Waals surface area contributed by atoms with Crippen LogP contribution in [0.15, 0.2) is 26.8 Å². The van der Waals surface area contributed by atoms with Gasteiger partial charge in [-0.3, -0.25) is 0 Å². The van der Waals surface area contributed by atoms with E-state index in [9.17, 15) is 0 Å². The summed E-state index contributed by atoms with van der Waals surface area (Å²) >= 11 is 14.9. The summed E-state index contributed by atoms with van der Waals surface area (Å²) < 4.78 is 5.39. The Labute approximate surface area is 190 Å². The van der Waals surface area contributed by atoms with Crippen LogP contribution in [0.5, 0.6) is 0 Å². The Morgan fingerprint density at radius 2 is 1.15 bits per heavy atom. The van der Waals surface area contributed by atoms with E-state index in [0.717, 1.165) is 23.0 Å².